The van der Waals surface area contributed by atoms with Gasteiger partial charge < -0.3 is 5.11 Å². The lowest BCUT2D eigenvalue weighted by Crippen LogP contribution is -2.15. The Morgan fingerprint density at radius 1 is 1.25 bits per heavy atom. The molecule has 0 rings (SSSR count). The zero-order valence-corrected chi connectivity index (χ0v) is 8.80. The quantitative estimate of drug-likeness (QED) is 0.629. The summed E-state index contributed by atoms with van der Waals surface area (Å²) in [5, 5.41) is 8.93. The summed E-state index contributed by atoms with van der Waals surface area (Å²) < 4.78 is 0. The van der Waals surface area contributed by atoms with Gasteiger partial charge in [0.15, 0.2) is 0 Å². The highest BCUT2D eigenvalue weighted by Gasteiger charge is 2.14. The van der Waals surface area contributed by atoms with Gasteiger partial charge >= 0.3 is 0 Å². The molecule has 0 saturated carbocycles. The Bertz CT molecular complexity index is 140. The summed E-state index contributed by atoms with van der Waals surface area (Å²) in [5.74, 6) is 1.57. The maximum Gasteiger partial charge on any atom is 0.0459 e. The molecule has 0 amide bonds. The molecule has 0 aromatic rings. The van der Waals surface area contributed by atoms with Crippen molar-refractivity contribution >= 4 is 0 Å². The maximum absolute atomic E-state index is 8.93. The standard InChI is InChI=1S/C11H22O/c1-8(2)9(3)6-10(4)11(5)7-12/h9-12H,1,6-7H2,2-5H3. The van der Waals surface area contributed by atoms with Crippen molar-refractivity contribution in [1.29, 1.82) is 0 Å². The minimum Gasteiger partial charge on any atom is -0.396 e. The minimum absolute atomic E-state index is 0.296. The molecule has 0 aliphatic rings. The molecular weight excluding hydrogens is 148 g/mol. The van der Waals surface area contributed by atoms with Gasteiger partial charge in [0.1, 0.15) is 0 Å². The van der Waals surface area contributed by atoms with Crippen molar-refractivity contribution in [1.82, 2.24) is 0 Å². The van der Waals surface area contributed by atoms with E-state index in [0.717, 1.165) is 6.42 Å². The first kappa shape index (κ1) is 11.7. The average molecular weight is 170 g/mol. The van der Waals surface area contributed by atoms with Crippen molar-refractivity contribution in [3.05, 3.63) is 12.2 Å². The van der Waals surface area contributed by atoms with Crippen molar-refractivity contribution in [2.45, 2.75) is 34.1 Å². The molecule has 0 aliphatic carbocycles. The van der Waals surface area contributed by atoms with E-state index in [-0.39, 0.29) is 0 Å². The monoisotopic (exact) mass is 170 g/mol. The Morgan fingerprint density at radius 3 is 2.08 bits per heavy atom. The minimum atomic E-state index is 0.296. The van der Waals surface area contributed by atoms with E-state index < -0.39 is 0 Å². The number of rotatable bonds is 5. The van der Waals surface area contributed by atoms with E-state index in [9.17, 15) is 0 Å². The van der Waals surface area contributed by atoms with Gasteiger partial charge in [0, 0.05) is 6.61 Å². The van der Waals surface area contributed by atoms with Crippen LogP contribution in [0.4, 0.5) is 0 Å². The van der Waals surface area contributed by atoms with Gasteiger partial charge in [-0.05, 0) is 31.1 Å². The molecule has 0 heterocycles. The predicted molar refractivity (Wildman–Crippen MR) is 54.0 cm³/mol. The normalized spacial score (nSPS) is 18.4. The largest absolute Gasteiger partial charge is 0.396 e. The summed E-state index contributed by atoms with van der Waals surface area (Å²) in [4.78, 5) is 0. The third-order valence-electron chi connectivity index (χ3n) is 2.83. The molecular formula is C11H22O. The van der Waals surface area contributed by atoms with Gasteiger partial charge in [0.2, 0.25) is 0 Å². The summed E-state index contributed by atoms with van der Waals surface area (Å²) in [6, 6.07) is 0. The van der Waals surface area contributed by atoms with Gasteiger partial charge in [-0.15, -0.1) is 0 Å². The molecule has 1 N–H and O–H groups in total. The topological polar surface area (TPSA) is 20.2 Å². The predicted octanol–water partition coefficient (Wildman–Crippen LogP) is 2.85. The van der Waals surface area contributed by atoms with Crippen LogP contribution in [-0.2, 0) is 0 Å². The highest BCUT2D eigenvalue weighted by atomic mass is 16.3. The molecule has 0 aromatic carbocycles. The Kier molecular flexibility index (Phi) is 5.23. The first-order valence-electron chi connectivity index (χ1n) is 4.75. The van der Waals surface area contributed by atoms with E-state index in [1.54, 1.807) is 0 Å². The van der Waals surface area contributed by atoms with E-state index in [4.69, 9.17) is 5.11 Å². The van der Waals surface area contributed by atoms with Gasteiger partial charge in [-0.25, -0.2) is 0 Å². The lowest BCUT2D eigenvalue weighted by molar-refractivity contribution is 0.184. The summed E-state index contributed by atoms with van der Waals surface area (Å²) >= 11 is 0. The highest BCUT2D eigenvalue weighted by Crippen LogP contribution is 2.23. The fraction of sp³-hybridized carbons (Fsp3) is 0.818. The number of hydrogen-bond acceptors (Lipinski definition) is 1. The maximum atomic E-state index is 8.93. The molecule has 0 spiro atoms. The second-order valence-corrected chi connectivity index (χ2v) is 4.12. The number of allylic oxidation sites excluding steroid dienone is 1. The van der Waals surface area contributed by atoms with E-state index in [1.807, 2.05) is 0 Å². The SMILES string of the molecule is C=C(C)C(C)CC(C)C(C)CO. The van der Waals surface area contributed by atoms with Crippen molar-refractivity contribution in [2.24, 2.45) is 17.8 Å². The molecule has 3 atom stereocenters. The van der Waals surface area contributed by atoms with Gasteiger partial charge in [0.25, 0.3) is 0 Å². The highest BCUT2D eigenvalue weighted by molar-refractivity contribution is 4.94. The van der Waals surface area contributed by atoms with Crippen LogP contribution in [0.25, 0.3) is 0 Å². The van der Waals surface area contributed by atoms with Gasteiger partial charge in [-0.3, -0.25) is 0 Å². The van der Waals surface area contributed by atoms with Crippen LogP contribution in [0.15, 0.2) is 12.2 Å². The van der Waals surface area contributed by atoms with Crippen molar-refractivity contribution in [3.8, 4) is 0 Å². The first-order chi connectivity index (χ1) is 5.49. The molecule has 0 saturated heterocycles. The van der Waals surface area contributed by atoms with Crippen LogP contribution >= 0.6 is 0 Å². The molecule has 12 heavy (non-hydrogen) atoms. The van der Waals surface area contributed by atoms with E-state index >= 15 is 0 Å². The molecule has 1 heteroatoms. The second-order valence-electron chi connectivity index (χ2n) is 4.12. The fourth-order valence-electron chi connectivity index (χ4n) is 1.17. The zero-order valence-electron chi connectivity index (χ0n) is 8.80. The molecule has 1 nitrogen and oxygen atoms in total. The third-order valence-corrected chi connectivity index (χ3v) is 2.83. The molecule has 0 aromatic heterocycles. The van der Waals surface area contributed by atoms with Crippen LogP contribution in [0.5, 0.6) is 0 Å². The Balaban J connectivity index is 3.83. The summed E-state index contributed by atoms with van der Waals surface area (Å²) in [6.45, 7) is 12.8. The van der Waals surface area contributed by atoms with Crippen molar-refractivity contribution in [3.63, 3.8) is 0 Å². The average Bonchev–Trinajstić information content (AvgIpc) is 2.02. The smallest absolute Gasteiger partial charge is 0.0459 e. The van der Waals surface area contributed by atoms with Crippen molar-refractivity contribution in [2.75, 3.05) is 6.61 Å². The lowest BCUT2D eigenvalue weighted by Gasteiger charge is -2.21. The molecule has 3 unspecified atom stereocenters. The first-order valence-corrected chi connectivity index (χ1v) is 4.75. The fourth-order valence-corrected chi connectivity index (χ4v) is 1.17. The molecule has 72 valence electrons. The molecule has 0 aliphatic heterocycles. The van der Waals surface area contributed by atoms with Gasteiger partial charge in [-0.1, -0.05) is 32.9 Å². The van der Waals surface area contributed by atoms with Crippen LogP contribution in [0, 0.1) is 17.8 Å². The number of hydrogen-bond donors (Lipinski definition) is 1. The number of aliphatic hydroxyl groups excluding tert-OH is 1. The van der Waals surface area contributed by atoms with E-state index in [1.165, 1.54) is 5.57 Å². The zero-order chi connectivity index (χ0) is 9.72. The summed E-state index contributed by atoms with van der Waals surface area (Å²) in [6.07, 6.45) is 1.14. The Hall–Kier alpha value is -0.300. The van der Waals surface area contributed by atoms with E-state index in [2.05, 4.69) is 34.3 Å². The Labute approximate surface area is 76.5 Å². The van der Waals surface area contributed by atoms with Gasteiger partial charge in [0.05, 0.1) is 0 Å². The lowest BCUT2D eigenvalue weighted by atomic mass is 9.85. The second kappa shape index (κ2) is 5.36. The molecule has 0 fully saturated rings. The molecule has 0 bridgehead atoms. The van der Waals surface area contributed by atoms with Gasteiger partial charge in [-0.2, -0.15) is 0 Å². The van der Waals surface area contributed by atoms with Crippen LogP contribution in [0.2, 0.25) is 0 Å². The van der Waals surface area contributed by atoms with E-state index in [0.29, 0.717) is 24.4 Å². The van der Waals surface area contributed by atoms with Crippen LogP contribution in [-0.4, -0.2) is 11.7 Å². The Morgan fingerprint density at radius 2 is 1.75 bits per heavy atom. The van der Waals surface area contributed by atoms with Crippen LogP contribution in [0.1, 0.15) is 34.1 Å². The molecule has 0 radical (unpaired) electrons. The summed E-state index contributed by atoms with van der Waals surface area (Å²) in [7, 11) is 0. The van der Waals surface area contributed by atoms with Crippen LogP contribution < -0.4 is 0 Å². The number of aliphatic hydroxyl groups is 1. The summed E-state index contributed by atoms with van der Waals surface area (Å²) in [5.41, 5.74) is 1.24. The third kappa shape index (κ3) is 3.91. The van der Waals surface area contributed by atoms with Crippen molar-refractivity contribution < 1.29 is 5.11 Å². The van der Waals surface area contributed by atoms with Crippen LogP contribution in [0.3, 0.4) is 0 Å².